The smallest absolute Gasteiger partial charge is 0.262 e. The molecule has 0 bridgehead atoms. The van der Waals surface area contributed by atoms with Crippen molar-refractivity contribution in [2.24, 2.45) is 11.1 Å². The molecule has 0 radical (unpaired) electrons. The Morgan fingerprint density at radius 2 is 2.00 bits per heavy atom. The highest BCUT2D eigenvalue weighted by atomic mass is 32.2. The van der Waals surface area contributed by atoms with Gasteiger partial charge in [-0.1, -0.05) is 6.42 Å². The number of halogens is 3. The van der Waals surface area contributed by atoms with Crippen LogP contribution in [0.3, 0.4) is 0 Å². The van der Waals surface area contributed by atoms with E-state index in [9.17, 15) is 21.6 Å². The summed E-state index contributed by atoms with van der Waals surface area (Å²) < 4.78 is 60.0. The first-order valence-corrected chi connectivity index (χ1v) is 7.24. The van der Waals surface area contributed by atoms with E-state index in [2.05, 4.69) is 15.2 Å². The van der Waals surface area contributed by atoms with Gasteiger partial charge in [-0.3, -0.25) is 5.10 Å². The molecule has 1 aliphatic carbocycles. The highest BCUT2D eigenvalue weighted by molar-refractivity contribution is 7.89. The minimum Gasteiger partial charge on any atom is -0.262 e. The molecule has 2 unspecified atom stereocenters. The number of aromatic amines is 1. The average Bonchev–Trinajstić information content (AvgIpc) is 2.77. The molecule has 3 N–H and O–H groups in total. The van der Waals surface area contributed by atoms with Crippen LogP contribution in [0.15, 0.2) is 5.16 Å². The van der Waals surface area contributed by atoms with Gasteiger partial charge in [-0.2, -0.15) is 13.2 Å². The van der Waals surface area contributed by atoms with Gasteiger partial charge >= 0.3 is 6.18 Å². The van der Waals surface area contributed by atoms with Gasteiger partial charge in [0.05, 0.1) is 5.92 Å². The van der Waals surface area contributed by atoms with Crippen LogP contribution in [0.2, 0.25) is 0 Å². The molecule has 108 valence electrons. The molecule has 0 aromatic carbocycles. The van der Waals surface area contributed by atoms with Gasteiger partial charge in [0.2, 0.25) is 0 Å². The Hall–Kier alpha value is -1.16. The third-order valence-corrected chi connectivity index (χ3v) is 3.95. The summed E-state index contributed by atoms with van der Waals surface area (Å²) in [6.07, 6.45) is -3.31. The highest BCUT2D eigenvalue weighted by Crippen LogP contribution is 2.42. The summed E-state index contributed by atoms with van der Waals surface area (Å²) in [5.41, 5.74) is 0. The largest absolute Gasteiger partial charge is 0.391 e. The molecule has 1 saturated carbocycles. The fraction of sp³-hybridized carbons (Fsp3) is 0.778. The van der Waals surface area contributed by atoms with Crippen LogP contribution in [-0.4, -0.2) is 29.8 Å². The van der Waals surface area contributed by atoms with Crippen molar-refractivity contribution < 1.29 is 21.6 Å². The molecule has 1 fully saturated rings. The number of hydrogen-bond acceptors (Lipinski definition) is 4. The molecule has 19 heavy (non-hydrogen) atoms. The Balaban J connectivity index is 2.16. The molecule has 0 aliphatic heterocycles. The third kappa shape index (κ3) is 3.24. The Kier molecular flexibility index (Phi) is 3.56. The van der Waals surface area contributed by atoms with E-state index in [1.165, 1.54) is 0 Å². The number of nitrogens with two attached hydrogens (primary N) is 1. The third-order valence-electron chi connectivity index (χ3n) is 3.26. The minimum absolute atomic E-state index is 0.0934. The zero-order valence-electron chi connectivity index (χ0n) is 9.81. The maximum atomic E-state index is 12.7. The molecule has 0 saturated heterocycles. The zero-order valence-corrected chi connectivity index (χ0v) is 10.6. The predicted octanol–water partition coefficient (Wildman–Crippen LogP) is 1.29. The van der Waals surface area contributed by atoms with E-state index in [1.807, 2.05) is 0 Å². The predicted molar refractivity (Wildman–Crippen MR) is 58.5 cm³/mol. The van der Waals surface area contributed by atoms with Gasteiger partial charge in [0.1, 0.15) is 5.82 Å². The maximum Gasteiger partial charge on any atom is 0.391 e. The lowest BCUT2D eigenvalue weighted by Crippen LogP contribution is -2.28. The second kappa shape index (κ2) is 4.75. The van der Waals surface area contributed by atoms with Crippen molar-refractivity contribution in [3.05, 3.63) is 5.82 Å². The quantitative estimate of drug-likeness (QED) is 0.858. The first-order chi connectivity index (χ1) is 8.68. The Morgan fingerprint density at radius 3 is 2.53 bits per heavy atom. The molecular weight excluding hydrogens is 285 g/mol. The van der Waals surface area contributed by atoms with Gasteiger partial charge < -0.3 is 0 Å². The zero-order chi connectivity index (χ0) is 14.3. The minimum atomic E-state index is -4.23. The van der Waals surface area contributed by atoms with Gasteiger partial charge in [-0.05, 0) is 19.3 Å². The maximum absolute atomic E-state index is 12.7. The van der Waals surface area contributed by atoms with Crippen molar-refractivity contribution in [2.45, 2.75) is 42.9 Å². The normalized spacial score (nSPS) is 25.5. The van der Waals surface area contributed by atoms with E-state index in [1.54, 1.807) is 0 Å². The van der Waals surface area contributed by atoms with Crippen molar-refractivity contribution in [1.82, 2.24) is 15.2 Å². The molecule has 2 rings (SSSR count). The Labute approximate surface area is 107 Å². The van der Waals surface area contributed by atoms with Crippen LogP contribution in [0, 0.1) is 5.92 Å². The molecule has 10 heteroatoms. The fourth-order valence-electron chi connectivity index (χ4n) is 2.30. The van der Waals surface area contributed by atoms with E-state index in [-0.39, 0.29) is 18.7 Å². The SMILES string of the molecule is NS(=O)(=O)c1n[nH]c(C2CCCC(C(F)(F)F)C2)n1. The van der Waals surface area contributed by atoms with Gasteiger partial charge in [0.15, 0.2) is 0 Å². The first-order valence-electron chi connectivity index (χ1n) is 5.69. The molecule has 2 atom stereocenters. The molecule has 1 aliphatic rings. The molecule has 6 nitrogen and oxygen atoms in total. The van der Waals surface area contributed by atoms with E-state index in [4.69, 9.17) is 5.14 Å². The van der Waals surface area contributed by atoms with Gasteiger partial charge in [-0.15, -0.1) is 5.10 Å². The summed E-state index contributed by atoms with van der Waals surface area (Å²) in [5.74, 6) is -1.70. The lowest BCUT2D eigenvalue weighted by atomic mass is 9.81. The topological polar surface area (TPSA) is 102 Å². The van der Waals surface area contributed by atoms with E-state index in [0.717, 1.165) is 0 Å². The number of nitrogens with zero attached hydrogens (tertiary/aromatic N) is 2. The average molecular weight is 298 g/mol. The van der Waals surface area contributed by atoms with Crippen LogP contribution in [0.25, 0.3) is 0 Å². The second-order valence-electron chi connectivity index (χ2n) is 4.65. The summed E-state index contributed by atoms with van der Waals surface area (Å²) in [4.78, 5) is 3.67. The summed E-state index contributed by atoms with van der Waals surface area (Å²) in [6, 6.07) is 0. The summed E-state index contributed by atoms with van der Waals surface area (Å²) in [5, 5.41) is 10.0. The van der Waals surface area contributed by atoms with E-state index < -0.39 is 33.2 Å². The fourth-order valence-corrected chi connectivity index (χ4v) is 2.70. The highest BCUT2D eigenvalue weighted by Gasteiger charge is 2.43. The molecular formula is C9H13F3N4O2S. The molecule has 1 aromatic heterocycles. The summed E-state index contributed by atoms with van der Waals surface area (Å²) >= 11 is 0. The summed E-state index contributed by atoms with van der Waals surface area (Å²) in [7, 11) is -4.04. The molecule has 0 spiro atoms. The lowest BCUT2D eigenvalue weighted by Gasteiger charge is -2.29. The Bertz CT molecular complexity index is 554. The lowest BCUT2D eigenvalue weighted by molar-refractivity contribution is -0.183. The van der Waals surface area contributed by atoms with Crippen LogP contribution >= 0.6 is 0 Å². The number of H-pyrrole nitrogens is 1. The summed E-state index contributed by atoms with van der Waals surface area (Å²) in [6.45, 7) is 0. The van der Waals surface area contributed by atoms with Crippen LogP contribution in [0.5, 0.6) is 0 Å². The number of nitrogens with one attached hydrogen (secondary N) is 1. The van der Waals surface area contributed by atoms with Crippen LogP contribution < -0.4 is 5.14 Å². The molecule has 1 aromatic rings. The molecule has 1 heterocycles. The van der Waals surface area contributed by atoms with Gasteiger partial charge in [-0.25, -0.2) is 18.5 Å². The standard InChI is InChI=1S/C9H13F3N4O2S/c10-9(11,12)6-3-1-2-5(4-6)7-14-8(16-15-7)19(13,17)18/h5-6H,1-4H2,(H2,13,17,18)(H,14,15,16). The van der Waals surface area contributed by atoms with Crippen molar-refractivity contribution in [2.75, 3.05) is 0 Å². The Morgan fingerprint density at radius 1 is 1.32 bits per heavy atom. The number of alkyl halides is 3. The first kappa shape index (κ1) is 14.3. The second-order valence-corrected chi connectivity index (χ2v) is 6.11. The van der Waals surface area contributed by atoms with Gasteiger partial charge in [0.25, 0.3) is 15.2 Å². The van der Waals surface area contributed by atoms with Gasteiger partial charge in [0, 0.05) is 5.92 Å². The monoisotopic (exact) mass is 298 g/mol. The van der Waals surface area contributed by atoms with E-state index in [0.29, 0.717) is 12.8 Å². The van der Waals surface area contributed by atoms with Crippen molar-refractivity contribution in [3.63, 3.8) is 0 Å². The number of rotatable bonds is 2. The van der Waals surface area contributed by atoms with Crippen LogP contribution in [0.4, 0.5) is 13.2 Å². The van der Waals surface area contributed by atoms with Crippen molar-refractivity contribution in [3.8, 4) is 0 Å². The van der Waals surface area contributed by atoms with E-state index >= 15 is 0 Å². The number of sulfonamides is 1. The number of aromatic nitrogens is 3. The van der Waals surface area contributed by atoms with Crippen LogP contribution in [0.1, 0.15) is 37.4 Å². The van der Waals surface area contributed by atoms with Crippen molar-refractivity contribution >= 4 is 10.0 Å². The molecule has 0 amide bonds. The number of hydrogen-bond donors (Lipinski definition) is 2. The van der Waals surface area contributed by atoms with Crippen molar-refractivity contribution in [1.29, 1.82) is 0 Å². The van der Waals surface area contributed by atoms with Crippen LogP contribution in [-0.2, 0) is 10.0 Å². The number of primary sulfonamides is 1.